The zero-order valence-electron chi connectivity index (χ0n) is 17.2. The number of halogens is 1. The van der Waals surface area contributed by atoms with Crippen molar-refractivity contribution < 1.29 is 0 Å². The Bertz CT molecular complexity index is 457. The van der Waals surface area contributed by atoms with Gasteiger partial charge in [0.25, 0.3) is 0 Å². The summed E-state index contributed by atoms with van der Waals surface area (Å²) >= 11 is 0. The van der Waals surface area contributed by atoms with Gasteiger partial charge in [0.05, 0.1) is 6.54 Å². The second-order valence-electron chi connectivity index (χ2n) is 6.77. The maximum atomic E-state index is 4.85. The molecule has 1 heterocycles. The van der Waals surface area contributed by atoms with E-state index in [1.54, 1.807) is 0 Å². The summed E-state index contributed by atoms with van der Waals surface area (Å²) in [7, 11) is 0. The van der Waals surface area contributed by atoms with E-state index in [4.69, 9.17) is 4.99 Å². The molecule has 0 spiro atoms. The summed E-state index contributed by atoms with van der Waals surface area (Å²) in [5.74, 6) is 1.61. The van der Waals surface area contributed by atoms with E-state index in [0.717, 1.165) is 51.6 Å². The summed E-state index contributed by atoms with van der Waals surface area (Å²) in [4.78, 5) is 7.37. The zero-order chi connectivity index (χ0) is 18.5. The second kappa shape index (κ2) is 15.2. The number of nitrogens with zero attached hydrogens (tertiary/aromatic N) is 4. The van der Waals surface area contributed by atoms with E-state index < -0.39 is 0 Å². The van der Waals surface area contributed by atoms with Crippen molar-refractivity contribution in [2.75, 3.05) is 32.7 Å². The third-order valence-electron chi connectivity index (χ3n) is 4.29. The number of guanidine groups is 1. The largest absolute Gasteiger partial charge is 0.357 e. The smallest absolute Gasteiger partial charge is 0.191 e. The van der Waals surface area contributed by atoms with Crippen LogP contribution in [0.3, 0.4) is 0 Å². The molecule has 1 aromatic rings. The van der Waals surface area contributed by atoms with E-state index >= 15 is 0 Å². The van der Waals surface area contributed by atoms with Gasteiger partial charge in [-0.15, -0.1) is 24.0 Å². The molecule has 1 unspecified atom stereocenters. The highest BCUT2D eigenvalue weighted by Gasteiger charge is 2.17. The minimum atomic E-state index is 0. The van der Waals surface area contributed by atoms with Gasteiger partial charge < -0.3 is 10.6 Å². The topological polar surface area (TPSA) is 57.5 Å². The van der Waals surface area contributed by atoms with Crippen molar-refractivity contribution in [3.8, 4) is 0 Å². The number of rotatable bonds is 12. The zero-order valence-corrected chi connectivity index (χ0v) is 19.6. The summed E-state index contributed by atoms with van der Waals surface area (Å²) in [5, 5.41) is 11.0. The minimum Gasteiger partial charge on any atom is -0.357 e. The fourth-order valence-corrected chi connectivity index (χ4v) is 3.04. The highest BCUT2D eigenvalue weighted by Crippen LogP contribution is 2.12. The van der Waals surface area contributed by atoms with Gasteiger partial charge in [-0.3, -0.25) is 14.6 Å². The van der Waals surface area contributed by atoms with Crippen LogP contribution in [0.4, 0.5) is 0 Å². The molecule has 7 heteroatoms. The number of hydrogen-bond donors (Lipinski definition) is 2. The normalized spacial score (nSPS) is 13.0. The fraction of sp³-hybridized carbons (Fsp3) is 0.789. The van der Waals surface area contributed by atoms with Crippen LogP contribution in [0.25, 0.3) is 0 Å². The van der Waals surface area contributed by atoms with E-state index in [0.29, 0.717) is 12.0 Å². The second-order valence-corrected chi connectivity index (χ2v) is 6.77. The maximum Gasteiger partial charge on any atom is 0.191 e. The third kappa shape index (κ3) is 10.4. The number of aryl methyl sites for hydroxylation is 1. The van der Waals surface area contributed by atoms with Crippen molar-refractivity contribution in [2.45, 2.75) is 60.0 Å². The predicted octanol–water partition coefficient (Wildman–Crippen LogP) is 3.20. The van der Waals surface area contributed by atoms with E-state index in [-0.39, 0.29) is 24.0 Å². The van der Waals surface area contributed by atoms with E-state index in [9.17, 15) is 0 Å². The molecule has 0 aliphatic carbocycles. The first-order chi connectivity index (χ1) is 12.1. The van der Waals surface area contributed by atoms with Crippen molar-refractivity contribution in [2.24, 2.45) is 10.9 Å². The molecule has 0 fully saturated rings. The van der Waals surface area contributed by atoms with Crippen LogP contribution in [-0.2, 0) is 6.54 Å². The fourth-order valence-electron chi connectivity index (χ4n) is 3.04. The number of aliphatic imine (C=N–C) groups is 1. The molecule has 26 heavy (non-hydrogen) atoms. The molecule has 1 aromatic heterocycles. The average molecular weight is 478 g/mol. The molecule has 152 valence electrons. The summed E-state index contributed by atoms with van der Waals surface area (Å²) in [6, 6.07) is 2.47. The molecule has 1 rings (SSSR count). The van der Waals surface area contributed by atoms with Gasteiger partial charge in [-0.05, 0) is 44.8 Å². The van der Waals surface area contributed by atoms with Gasteiger partial charge in [-0.25, -0.2) is 0 Å². The van der Waals surface area contributed by atoms with Crippen LogP contribution in [0.15, 0.2) is 23.5 Å². The lowest BCUT2D eigenvalue weighted by Gasteiger charge is -2.30. The van der Waals surface area contributed by atoms with Crippen LogP contribution in [0.1, 0.15) is 47.5 Å². The Labute approximate surface area is 177 Å². The van der Waals surface area contributed by atoms with Crippen molar-refractivity contribution >= 4 is 29.9 Å². The first-order valence-corrected chi connectivity index (χ1v) is 9.84. The molecule has 2 N–H and O–H groups in total. The Morgan fingerprint density at radius 3 is 2.46 bits per heavy atom. The molecule has 0 saturated heterocycles. The molecule has 0 radical (unpaired) electrons. The van der Waals surface area contributed by atoms with Gasteiger partial charge in [0.1, 0.15) is 0 Å². The summed E-state index contributed by atoms with van der Waals surface area (Å²) < 4.78 is 1.96. The van der Waals surface area contributed by atoms with Gasteiger partial charge in [-0.1, -0.05) is 27.7 Å². The van der Waals surface area contributed by atoms with Gasteiger partial charge in [0.2, 0.25) is 0 Å². The maximum absolute atomic E-state index is 4.85. The van der Waals surface area contributed by atoms with Crippen LogP contribution >= 0.6 is 24.0 Å². The van der Waals surface area contributed by atoms with E-state index in [1.165, 1.54) is 6.42 Å². The first-order valence-electron chi connectivity index (χ1n) is 9.84. The van der Waals surface area contributed by atoms with E-state index in [1.807, 2.05) is 23.1 Å². The summed E-state index contributed by atoms with van der Waals surface area (Å²) in [6.45, 7) is 16.9. The quantitative estimate of drug-likeness (QED) is 0.210. The molecule has 1 atom stereocenters. The molecule has 0 bridgehead atoms. The molecule has 0 saturated carbocycles. The average Bonchev–Trinajstić information content (AvgIpc) is 3.10. The van der Waals surface area contributed by atoms with Crippen molar-refractivity contribution in [1.82, 2.24) is 25.3 Å². The highest BCUT2D eigenvalue weighted by molar-refractivity contribution is 14.0. The van der Waals surface area contributed by atoms with Gasteiger partial charge >= 0.3 is 0 Å². The van der Waals surface area contributed by atoms with Crippen LogP contribution in [0.5, 0.6) is 0 Å². The Balaban J connectivity index is 0.00000625. The van der Waals surface area contributed by atoms with Crippen LogP contribution in [0, 0.1) is 5.92 Å². The lowest BCUT2D eigenvalue weighted by Crippen LogP contribution is -2.41. The van der Waals surface area contributed by atoms with Crippen LogP contribution in [0.2, 0.25) is 0 Å². The Morgan fingerprint density at radius 1 is 1.19 bits per heavy atom. The lowest BCUT2D eigenvalue weighted by atomic mass is 10.0. The van der Waals surface area contributed by atoms with Gasteiger partial charge in [0.15, 0.2) is 5.96 Å². The Kier molecular flexibility index (Phi) is 14.8. The van der Waals surface area contributed by atoms with Gasteiger partial charge in [0, 0.05) is 38.1 Å². The first kappa shape index (κ1) is 25.2. The SMILES string of the molecule is CCNC(=NCC(CC(C)C)N(CC)CC)NCCCn1cccn1.I. The third-order valence-corrected chi connectivity index (χ3v) is 4.29. The molecule has 0 aliphatic heterocycles. The predicted molar refractivity (Wildman–Crippen MR) is 122 cm³/mol. The Morgan fingerprint density at radius 2 is 1.92 bits per heavy atom. The van der Waals surface area contributed by atoms with Crippen LogP contribution < -0.4 is 10.6 Å². The number of nitrogens with one attached hydrogen (secondary N) is 2. The summed E-state index contributed by atoms with van der Waals surface area (Å²) in [5.41, 5.74) is 0. The van der Waals surface area contributed by atoms with Crippen molar-refractivity contribution in [1.29, 1.82) is 0 Å². The molecular weight excluding hydrogens is 439 g/mol. The monoisotopic (exact) mass is 478 g/mol. The van der Waals surface area contributed by atoms with Crippen molar-refractivity contribution in [3.05, 3.63) is 18.5 Å². The molecule has 0 amide bonds. The highest BCUT2D eigenvalue weighted by atomic mass is 127. The van der Waals surface area contributed by atoms with E-state index in [2.05, 4.69) is 55.3 Å². The van der Waals surface area contributed by atoms with Gasteiger partial charge in [-0.2, -0.15) is 5.10 Å². The molecule has 0 aromatic carbocycles. The number of aromatic nitrogens is 2. The Hall–Kier alpha value is -0.830. The number of hydrogen-bond acceptors (Lipinski definition) is 3. The minimum absolute atomic E-state index is 0. The number of likely N-dealkylation sites (N-methyl/N-ethyl adjacent to an activating group) is 1. The molecule has 0 aliphatic rings. The lowest BCUT2D eigenvalue weighted by molar-refractivity contribution is 0.196. The van der Waals surface area contributed by atoms with Crippen molar-refractivity contribution in [3.63, 3.8) is 0 Å². The molecule has 6 nitrogen and oxygen atoms in total. The molecular formula is C19H39IN6. The van der Waals surface area contributed by atoms with Crippen LogP contribution in [-0.4, -0.2) is 59.4 Å². The standard InChI is InChI=1S/C19H38N6.HI/c1-6-20-19(21-11-9-13-25-14-10-12-23-25)22-16-18(15-17(4)5)24(7-2)8-3;/h10,12,14,17-18H,6-9,11,13,15-16H2,1-5H3,(H2,20,21,22);1H. The summed E-state index contributed by atoms with van der Waals surface area (Å²) in [6.07, 6.45) is 6.03.